The van der Waals surface area contributed by atoms with Crippen LogP contribution in [-0.4, -0.2) is 50.1 Å². The van der Waals surface area contributed by atoms with Crippen molar-refractivity contribution in [2.24, 2.45) is 0 Å². The molecule has 1 aliphatic heterocycles. The third-order valence-corrected chi connectivity index (χ3v) is 3.37. The van der Waals surface area contributed by atoms with Crippen molar-refractivity contribution in [1.29, 1.82) is 0 Å². The second-order valence-corrected chi connectivity index (χ2v) is 4.90. The van der Waals surface area contributed by atoms with Crippen LogP contribution in [0.5, 0.6) is 0 Å². The van der Waals surface area contributed by atoms with Crippen LogP contribution < -0.4 is 0 Å². The van der Waals surface area contributed by atoms with Gasteiger partial charge in [-0.1, -0.05) is 0 Å². The van der Waals surface area contributed by atoms with Gasteiger partial charge < -0.3 is 4.90 Å². The van der Waals surface area contributed by atoms with E-state index in [-0.39, 0.29) is 30.9 Å². The summed E-state index contributed by atoms with van der Waals surface area (Å²) >= 11 is 0. The predicted octanol–water partition coefficient (Wildman–Crippen LogP) is -1.56. The molecule has 0 aliphatic carbocycles. The van der Waals surface area contributed by atoms with Crippen LogP contribution in [0, 0.1) is 0 Å². The van der Waals surface area contributed by atoms with Gasteiger partial charge in [-0.2, -0.15) is 0 Å². The Balaban J connectivity index is 2.57. The number of carbonyl (C=O) groups excluding carboxylic acids is 2. The first-order valence-corrected chi connectivity index (χ1v) is 5.32. The Morgan fingerprint density at radius 1 is 1.25 bits per heavy atom. The average molecular weight is 191 g/mol. The molecular formula is C6H9NO4S. The fourth-order valence-corrected chi connectivity index (χ4v) is 2.21. The molecule has 6 heteroatoms. The molecule has 0 atom stereocenters. The van der Waals surface area contributed by atoms with Crippen molar-refractivity contribution in [3.63, 3.8) is 0 Å². The fourth-order valence-electron chi connectivity index (χ4n) is 1.01. The molecule has 1 aliphatic rings. The fraction of sp³-hybridized carbons (Fsp3) is 0.667. The highest BCUT2D eigenvalue weighted by Crippen LogP contribution is 2.02. The van der Waals surface area contributed by atoms with E-state index >= 15 is 0 Å². The van der Waals surface area contributed by atoms with Gasteiger partial charge in [0, 0.05) is 13.1 Å². The number of rotatable bonds is 1. The van der Waals surface area contributed by atoms with Gasteiger partial charge in [0.2, 0.25) is 6.29 Å². The molecule has 0 N–H and O–H groups in total. The van der Waals surface area contributed by atoms with Crippen LogP contribution in [0.2, 0.25) is 0 Å². The van der Waals surface area contributed by atoms with Crippen molar-refractivity contribution >= 4 is 22.0 Å². The standard InChI is InChI=1S/C6H9NO4S/c8-5-6(9)7-1-3-12(10,11)4-2-7/h5H,1-4H2. The molecule has 1 amide bonds. The normalized spacial score (nSPS) is 21.8. The monoisotopic (exact) mass is 191 g/mol. The van der Waals surface area contributed by atoms with Crippen LogP contribution in [0.3, 0.4) is 0 Å². The molecule has 0 aromatic rings. The highest BCUT2D eigenvalue weighted by atomic mass is 32.2. The second kappa shape index (κ2) is 3.22. The summed E-state index contributed by atoms with van der Waals surface area (Å²) in [6, 6.07) is 0. The van der Waals surface area contributed by atoms with Crippen LogP contribution in [0.25, 0.3) is 0 Å². The lowest BCUT2D eigenvalue weighted by Gasteiger charge is -2.24. The Morgan fingerprint density at radius 3 is 2.17 bits per heavy atom. The summed E-state index contributed by atoms with van der Waals surface area (Å²) in [5.41, 5.74) is 0. The van der Waals surface area contributed by atoms with Crippen LogP contribution in [-0.2, 0) is 19.4 Å². The Hall–Kier alpha value is -0.910. The highest BCUT2D eigenvalue weighted by Gasteiger charge is 2.24. The first-order valence-electron chi connectivity index (χ1n) is 3.50. The summed E-state index contributed by atoms with van der Waals surface area (Å²) in [7, 11) is -2.97. The first kappa shape index (κ1) is 9.18. The molecule has 1 fully saturated rings. The molecule has 0 saturated carbocycles. The van der Waals surface area contributed by atoms with Crippen molar-refractivity contribution in [2.75, 3.05) is 24.6 Å². The summed E-state index contributed by atoms with van der Waals surface area (Å²) in [5, 5.41) is 0. The smallest absolute Gasteiger partial charge is 0.286 e. The van der Waals surface area contributed by atoms with Crippen molar-refractivity contribution in [2.45, 2.75) is 0 Å². The molecule has 68 valence electrons. The Morgan fingerprint density at radius 2 is 1.75 bits per heavy atom. The minimum atomic E-state index is -2.97. The lowest BCUT2D eigenvalue weighted by molar-refractivity contribution is -0.138. The zero-order valence-corrected chi connectivity index (χ0v) is 7.21. The molecule has 12 heavy (non-hydrogen) atoms. The summed E-state index contributed by atoms with van der Waals surface area (Å²) in [6.07, 6.45) is 0.206. The van der Waals surface area contributed by atoms with Gasteiger partial charge in [0.1, 0.15) is 0 Å². The topological polar surface area (TPSA) is 71.5 Å². The van der Waals surface area contributed by atoms with Crippen molar-refractivity contribution in [3.05, 3.63) is 0 Å². The predicted molar refractivity (Wildman–Crippen MR) is 41.3 cm³/mol. The molecule has 0 aromatic carbocycles. The lowest BCUT2D eigenvalue weighted by Crippen LogP contribution is -2.44. The van der Waals surface area contributed by atoms with Crippen molar-refractivity contribution in [1.82, 2.24) is 4.90 Å². The number of sulfone groups is 1. The maximum Gasteiger partial charge on any atom is 0.286 e. The number of hydrogen-bond donors (Lipinski definition) is 0. The average Bonchev–Trinajstić information content (AvgIpc) is 2.03. The van der Waals surface area contributed by atoms with Gasteiger partial charge >= 0.3 is 0 Å². The van der Waals surface area contributed by atoms with E-state index in [2.05, 4.69) is 0 Å². The lowest BCUT2D eigenvalue weighted by atomic mass is 10.5. The number of hydrogen-bond acceptors (Lipinski definition) is 4. The van der Waals surface area contributed by atoms with Gasteiger partial charge in [0.05, 0.1) is 11.5 Å². The number of carbonyl (C=O) groups is 2. The Kier molecular flexibility index (Phi) is 2.46. The second-order valence-electron chi connectivity index (χ2n) is 2.59. The molecule has 0 spiro atoms. The van der Waals surface area contributed by atoms with Crippen molar-refractivity contribution in [3.8, 4) is 0 Å². The minimum Gasteiger partial charge on any atom is -0.334 e. The third-order valence-electron chi connectivity index (χ3n) is 1.76. The van der Waals surface area contributed by atoms with E-state index in [4.69, 9.17) is 0 Å². The van der Waals surface area contributed by atoms with Crippen LogP contribution in [0.1, 0.15) is 0 Å². The zero-order chi connectivity index (χ0) is 9.19. The maximum atomic E-state index is 10.9. The van der Waals surface area contributed by atoms with E-state index < -0.39 is 15.7 Å². The quantitative estimate of drug-likeness (QED) is 0.371. The van der Waals surface area contributed by atoms with Crippen LogP contribution >= 0.6 is 0 Å². The van der Waals surface area contributed by atoms with E-state index in [0.717, 1.165) is 0 Å². The molecule has 1 rings (SSSR count). The van der Waals surface area contributed by atoms with Gasteiger partial charge in [-0.15, -0.1) is 0 Å². The van der Waals surface area contributed by atoms with E-state index in [1.165, 1.54) is 4.90 Å². The number of nitrogens with zero attached hydrogens (tertiary/aromatic N) is 1. The van der Waals surface area contributed by atoms with Crippen molar-refractivity contribution < 1.29 is 18.0 Å². The third kappa shape index (κ3) is 2.04. The van der Waals surface area contributed by atoms with Crippen LogP contribution in [0.4, 0.5) is 0 Å². The van der Waals surface area contributed by atoms with E-state index in [1.807, 2.05) is 0 Å². The van der Waals surface area contributed by atoms with Crippen LogP contribution in [0.15, 0.2) is 0 Å². The Labute approximate surface area is 70.3 Å². The molecular weight excluding hydrogens is 182 g/mol. The minimum absolute atomic E-state index is 0.0351. The largest absolute Gasteiger partial charge is 0.334 e. The first-order chi connectivity index (χ1) is 5.55. The van der Waals surface area contributed by atoms with Gasteiger partial charge in [-0.25, -0.2) is 8.42 Å². The molecule has 0 unspecified atom stereocenters. The molecule has 1 heterocycles. The number of amides is 1. The molecule has 0 bridgehead atoms. The van der Waals surface area contributed by atoms with Gasteiger partial charge in [-0.3, -0.25) is 9.59 Å². The molecule has 0 aromatic heterocycles. The molecule has 1 saturated heterocycles. The number of aldehydes is 1. The summed E-state index contributed by atoms with van der Waals surface area (Å²) in [4.78, 5) is 22.0. The molecule has 0 radical (unpaired) electrons. The Bertz CT molecular complexity index is 281. The summed E-state index contributed by atoms with van der Waals surface area (Å²) < 4.78 is 21.8. The van der Waals surface area contributed by atoms with E-state index in [0.29, 0.717) is 0 Å². The van der Waals surface area contributed by atoms with Gasteiger partial charge in [-0.05, 0) is 0 Å². The maximum absolute atomic E-state index is 10.9. The van der Waals surface area contributed by atoms with Gasteiger partial charge in [0.15, 0.2) is 9.84 Å². The summed E-state index contributed by atoms with van der Waals surface area (Å²) in [5.74, 6) is -0.705. The molecule has 5 nitrogen and oxygen atoms in total. The van der Waals surface area contributed by atoms with Gasteiger partial charge in [0.25, 0.3) is 5.91 Å². The summed E-state index contributed by atoms with van der Waals surface area (Å²) in [6.45, 7) is 0.278. The van der Waals surface area contributed by atoms with E-state index in [1.54, 1.807) is 0 Å². The zero-order valence-electron chi connectivity index (χ0n) is 6.39. The SMILES string of the molecule is O=CC(=O)N1CCS(=O)(=O)CC1. The highest BCUT2D eigenvalue weighted by molar-refractivity contribution is 7.91. The van der Waals surface area contributed by atoms with E-state index in [9.17, 15) is 18.0 Å².